The maximum Gasteiger partial charge on any atom is 0.349 e. The smallest absolute Gasteiger partial charge is 0.349 e. The van der Waals surface area contributed by atoms with Gasteiger partial charge in [0.25, 0.3) is 0 Å². The van der Waals surface area contributed by atoms with Crippen molar-refractivity contribution in [1.29, 1.82) is 0 Å². The molecule has 8 nitrogen and oxygen atoms in total. The van der Waals surface area contributed by atoms with Crippen LogP contribution in [0.1, 0.15) is 12.8 Å². The highest BCUT2D eigenvalue weighted by molar-refractivity contribution is 5.91. The lowest BCUT2D eigenvalue weighted by Crippen LogP contribution is -2.29. The summed E-state index contributed by atoms with van der Waals surface area (Å²) in [5.74, 6) is -1.23. The summed E-state index contributed by atoms with van der Waals surface area (Å²) in [6.45, 7) is 2.24. The lowest BCUT2D eigenvalue weighted by Gasteiger charge is -2.13. The average Bonchev–Trinajstić information content (AvgIpc) is 2.96. The summed E-state index contributed by atoms with van der Waals surface area (Å²) in [6.07, 6.45) is 3.66. The quantitative estimate of drug-likeness (QED) is 0.602. The molecule has 0 spiro atoms. The molecule has 0 radical (unpaired) electrons. The molecule has 4 N–H and O–H groups in total. The van der Waals surface area contributed by atoms with Crippen LogP contribution in [-0.2, 0) is 19.3 Å². The van der Waals surface area contributed by atoms with Crippen molar-refractivity contribution in [1.82, 2.24) is 10.1 Å². The molecule has 2 rings (SSSR count). The van der Waals surface area contributed by atoms with Crippen LogP contribution in [-0.4, -0.2) is 60.3 Å². The van der Waals surface area contributed by atoms with Gasteiger partial charge in [-0.25, -0.2) is 9.59 Å². The molecule has 112 valence electrons. The molecular formula is C12H20N4O4. The first-order valence-corrected chi connectivity index (χ1v) is 6.66. The Balaban J connectivity index is 1.69. The molecule has 0 aromatic rings. The van der Waals surface area contributed by atoms with E-state index in [4.69, 9.17) is 21.1 Å². The Bertz CT molecular complexity index is 365. The summed E-state index contributed by atoms with van der Waals surface area (Å²) in [5.41, 5.74) is 11.4. The summed E-state index contributed by atoms with van der Waals surface area (Å²) >= 11 is 0. The molecule has 0 bridgehead atoms. The van der Waals surface area contributed by atoms with Crippen molar-refractivity contribution < 1.29 is 19.3 Å². The minimum atomic E-state index is -0.617. The van der Waals surface area contributed by atoms with E-state index in [0.29, 0.717) is 26.2 Å². The molecule has 0 aromatic heterocycles. The molecule has 20 heavy (non-hydrogen) atoms. The average molecular weight is 284 g/mol. The first-order chi connectivity index (χ1) is 9.52. The van der Waals surface area contributed by atoms with Gasteiger partial charge in [0.1, 0.15) is 0 Å². The third-order valence-corrected chi connectivity index (χ3v) is 3.17. The fourth-order valence-corrected chi connectivity index (χ4v) is 2.13. The van der Waals surface area contributed by atoms with E-state index in [-0.39, 0.29) is 12.1 Å². The summed E-state index contributed by atoms with van der Waals surface area (Å²) in [5, 5.41) is 2.98. The number of hydroxylamine groups is 4. The Morgan fingerprint density at radius 3 is 1.60 bits per heavy atom. The Morgan fingerprint density at radius 1 is 0.900 bits per heavy atom. The van der Waals surface area contributed by atoms with Gasteiger partial charge in [-0.1, -0.05) is 0 Å². The van der Waals surface area contributed by atoms with Gasteiger partial charge in [0.05, 0.1) is 13.1 Å². The number of carbonyl (C=O) groups excluding carboxylic acids is 2. The van der Waals surface area contributed by atoms with E-state index in [1.165, 1.54) is 10.1 Å². The maximum atomic E-state index is 11.5. The number of nitrogens with two attached hydrogens (primary N) is 2. The van der Waals surface area contributed by atoms with Crippen molar-refractivity contribution in [3.05, 3.63) is 12.2 Å². The summed E-state index contributed by atoms with van der Waals surface area (Å²) in [6, 6.07) is 0.0484. The van der Waals surface area contributed by atoms with E-state index < -0.39 is 11.9 Å². The number of hydrogen-bond acceptors (Lipinski definition) is 8. The second-order valence-electron chi connectivity index (χ2n) is 5.03. The van der Waals surface area contributed by atoms with E-state index in [1.807, 2.05) is 0 Å². The maximum absolute atomic E-state index is 11.5. The normalized spacial score (nSPS) is 28.1. The number of rotatable bonds is 4. The molecule has 2 fully saturated rings. The lowest BCUT2D eigenvalue weighted by molar-refractivity contribution is -0.181. The van der Waals surface area contributed by atoms with Crippen LogP contribution < -0.4 is 11.5 Å². The topological polar surface area (TPSA) is 111 Å². The Morgan fingerprint density at radius 2 is 1.30 bits per heavy atom. The highest BCUT2D eigenvalue weighted by Crippen LogP contribution is 2.08. The predicted molar refractivity (Wildman–Crippen MR) is 69.7 cm³/mol. The monoisotopic (exact) mass is 284 g/mol. The second kappa shape index (κ2) is 6.80. The van der Waals surface area contributed by atoms with Gasteiger partial charge in [0.2, 0.25) is 0 Å². The van der Waals surface area contributed by atoms with Crippen molar-refractivity contribution in [3.63, 3.8) is 0 Å². The fourth-order valence-electron chi connectivity index (χ4n) is 2.13. The zero-order valence-corrected chi connectivity index (χ0v) is 11.2. The van der Waals surface area contributed by atoms with Crippen molar-refractivity contribution in [3.8, 4) is 0 Å². The van der Waals surface area contributed by atoms with Crippen molar-refractivity contribution >= 4 is 11.9 Å². The van der Waals surface area contributed by atoms with Crippen LogP contribution in [0, 0.1) is 0 Å². The Kier molecular flexibility index (Phi) is 5.07. The van der Waals surface area contributed by atoms with Crippen LogP contribution in [0.3, 0.4) is 0 Å². The minimum absolute atomic E-state index is 0.0242. The van der Waals surface area contributed by atoms with Gasteiger partial charge in [-0.05, 0) is 12.8 Å². The molecule has 8 heteroatoms. The molecule has 2 heterocycles. The van der Waals surface area contributed by atoms with Crippen LogP contribution >= 0.6 is 0 Å². The number of hydrogen-bond donors (Lipinski definition) is 2. The van der Waals surface area contributed by atoms with E-state index >= 15 is 0 Å². The van der Waals surface area contributed by atoms with Crippen molar-refractivity contribution in [2.24, 2.45) is 11.5 Å². The number of carbonyl (C=O) groups is 2. The zero-order chi connectivity index (χ0) is 14.5. The van der Waals surface area contributed by atoms with Gasteiger partial charge < -0.3 is 21.1 Å². The van der Waals surface area contributed by atoms with E-state index in [0.717, 1.165) is 25.0 Å². The third-order valence-electron chi connectivity index (χ3n) is 3.17. The highest BCUT2D eigenvalue weighted by atomic mass is 16.7. The van der Waals surface area contributed by atoms with Gasteiger partial charge in [-0.2, -0.15) is 0 Å². The van der Waals surface area contributed by atoms with Crippen LogP contribution in [0.4, 0.5) is 0 Å². The number of nitrogens with zero attached hydrogens (tertiary/aromatic N) is 2. The van der Waals surface area contributed by atoms with Crippen LogP contribution in [0.2, 0.25) is 0 Å². The molecule has 2 saturated heterocycles. The van der Waals surface area contributed by atoms with Gasteiger partial charge in [-0.15, -0.1) is 10.1 Å². The van der Waals surface area contributed by atoms with Crippen LogP contribution in [0.15, 0.2) is 12.2 Å². The Hall–Kier alpha value is -1.48. The molecule has 0 saturated carbocycles. The van der Waals surface area contributed by atoms with Crippen LogP contribution in [0.5, 0.6) is 0 Å². The van der Waals surface area contributed by atoms with E-state index in [9.17, 15) is 9.59 Å². The highest BCUT2D eigenvalue weighted by Gasteiger charge is 2.23. The van der Waals surface area contributed by atoms with Gasteiger partial charge >= 0.3 is 11.9 Å². The molecule has 0 aliphatic carbocycles. The summed E-state index contributed by atoms with van der Waals surface area (Å²) in [4.78, 5) is 32.9. The molecule has 0 aromatic carbocycles. The standard InChI is InChI=1S/C12H20N4O4/c13-9-3-5-15(7-9)19-11(17)1-2-12(18)20-16-6-4-10(14)8-16/h1-2,9-10H,3-8,13-14H2/b2-1+. The van der Waals surface area contributed by atoms with E-state index in [1.54, 1.807) is 0 Å². The predicted octanol–water partition coefficient (Wildman–Crippen LogP) is -1.47. The zero-order valence-electron chi connectivity index (χ0n) is 11.2. The van der Waals surface area contributed by atoms with Gasteiger partial charge in [0, 0.05) is 37.3 Å². The molecule has 2 aliphatic heterocycles. The third kappa shape index (κ3) is 4.57. The SMILES string of the molecule is NC1CCN(OC(=O)/C=C/C(=O)ON2CCC(N)C2)C1. The minimum Gasteiger partial charge on any atom is -0.364 e. The summed E-state index contributed by atoms with van der Waals surface area (Å²) in [7, 11) is 0. The molecule has 0 amide bonds. The second-order valence-corrected chi connectivity index (χ2v) is 5.03. The molecule has 2 atom stereocenters. The van der Waals surface area contributed by atoms with Gasteiger partial charge in [-0.3, -0.25) is 0 Å². The van der Waals surface area contributed by atoms with E-state index in [2.05, 4.69) is 0 Å². The van der Waals surface area contributed by atoms with Crippen molar-refractivity contribution in [2.75, 3.05) is 26.2 Å². The lowest BCUT2D eigenvalue weighted by atomic mass is 10.3. The first-order valence-electron chi connectivity index (χ1n) is 6.66. The molecule has 2 unspecified atom stereocenters. The van der Waals surface area contributed by atoms with Crippen molar-refractivity contribution in [2.45, 2.75) is 24.9 Å². The first kappa shape index (κ1) is 14.9. The van der Waals surface area contributed by atoms with Gasteiger partial charge in [0.15, 0.2) is 0 Å². The fraction of sp³-hybridized carbons (Fsp3) is 0.667. The summed E-state index contributed by atoms with van der Waals surface area (Å²) < 4.78 is 0. The largest absolute Gasteiger partial charge is 0.364 e. The molecule has 2 aliphatic rings. The molecular weight excluding hydrogens is 264 g/mol. The Labute approximate surface area is 117 Å². The van der Waals surface area contributed by atoms with Crippen LogP contribution in [0.25, 0.3) is 0 Å².